The second kappa shape index (κ2) is 5.51. The van der Waals surface area contributed by atoms with E-state index in [-0.39, 0.29) is 17.3 Å². The third-order valence-corrected chi connectivity index (χ3v) is 3.29. The van der Waals surface area contributed by atoms with Crippen molar-refractivity contribution in [3.05, 3.63) is 12.3 Å². The Labute approximate surface area is 103 Å². The minimum Gasteiger partial charge on any atom is -0.464 e. The molecule has 5 nitrogen and oxygen atoms in total. The van der Waals surface area contributed by atoms with Crippen molar-refractivity contribution in [2.24, 2.45) is 0 Å². The van der Waals surface area contributed by atoms with Crippen LogP contribution in [0.4, 0.5) is 0 Å². The summed E-state index contributed by atoms with van der Waals surface area (Å²) in [6.45, 7) is 8.61. The molecule has 0 amide bonds. The standard InChI is InChI=1S/C12H22N2O3/c1-9(11(15)16-4)13-14-8-6-7-10(14)12(2,3)17-5/h10,13H,1,6-8H2,2-5H3/t10-/m0/s1. The number of hydrazine groups is 1. The average molecular weight is 242 g/mol. The quantitative estimate of drug-likeness (QED) is 0.577. The summed E-state index contributed by atoms with van der Waals surface area (Å²) in [5, 5.41) is 2.00. The molecule has 0 spiro atoms. The number of nitrogens with one attached hydrogen (secondary N) is 1. The highest BCUT2D eigenvalue weighted by molar-refractivity contribution is 5.86. The van der Waals surface area contributed by atoms with Crippen LogP contribution in [0.5, 0.6) is 0 Å². The molecule has 1 rings (SSSR count). The molecule has 0 aromatic rings. The molecule has 0 aromatic heterocycles. The van der Waals surface area contributed by atoms with Gasteiger partial charge in [0.1, 0.15) is 5.70 Å². The van der Waals surface area contributed by atoms with Gasteiger partial charge >= 0.3 is 5.97 Å². The summed E-state index contributed by atoms with van der Waals surface area (Å²) in [5.74, 6) is -0.439. The minimum atomic E-state index is -0.439. The minimum absolute atomic E-state index is 0.217. The predicted octanol–water partition coefficient (Wildman–Crippen LogP) is 1.07. The van der Waals surface area contributed by atoms with Crippen molar-refractivity contribution in [3.63, 3.8) is 0 Å². The van der Waals surface area contributed by atoms with Crippen molar-refractivity contribution in [2.45, 2.75) is 38.3 Å². The number of esters is 1. The molecule has 17 heavy (non-hydrogen) atoms. The number of hydrogen-bond donors (Lipinski definition) is 1. The zero-order chi connectivity index (χ0) is 13.1. The van der Waals surface area contributed by atoms with Gasteiger partial charge in [-0.1, -0.05) is 6.58 Å². The van der Waals surface area contributed by atoms with Gasteiger partial charge in [0.2, 0.25) is 0 Å². The van der Waals surface area contributed by atoms with Crippen LogP contribution >= 0.6 is 0 Å². The number of carbonyl (C=O) groups is 1. The molecule has 1 atom stereocenters. The van der Waals surface area contributed by atoms with Gasteiger partial charge in [0.25, 0.3) is 0 Å². The SMILES string of the molecule is C=C(NN1CCC[C@H]1C(C)(C)OC)C(=O)OC. The lowest BCUT2D eigenvalue weighted by Crippen LogP contribution is -2.52. The molecule has 1 aliphatic rings. The van der Waals surface area contributed by atoms with Crippen molar-refractivity contribution in [1.29, 1.82) is 0 Å². The highest BCUT2D eigenvalue weighted by Crippen LogP contribution is 2.27. The molecule has 1 aliphatic heterocycles. The van der Waals surface area contributed by atoms with Gasteiger partial charge in [-0.15, -0.1) is 0 Å². The first-order chi connectivity index (χ1) is 7.92. The lowest BCUT2D eigenvalue weighted by atomic mass is 9.97. The summed E-state index contributed by atoms with van der Waals surface area (Å²) in [6.07, 6.45) is 2.10. The smallest absolute Gasteiger partial charge is 0.354 e. The number of methoxy groups -OCH3 is 2. The first-order valence-electron chi connectivity index (χ1n) is 5.78. The van der Waals surface area contributed by atoms with E-state index in [0.717, 1.165) is 19.4 Å². The molecule has 0 aliphatic carbocycles. The molecule has 1 saturated heterocycles. The van der Waals surface area contributed by atoms with Crippen LogP contribution < -0.4 is 5.43 Å². The van der Waals surface area contributed by atoms with E-state index in [1.165, 1.54) is 7.11 Å². The summed E-state index contributed by atoms with van der Waals surface area (Å²) in [5.41, 5.74) is 3.00. The summed E-state index contributed by atoms with van der Waals surface area (Å²) in [7, 11) is 3.04. The van der Waals surface area contributed by atoms with Gasteiger partial charge in [-0.05, 0) is 26.7 Å². The molecule has 1 fully saturated rings. The Balaban J connectivity index is 2.65. The van der Waals surface area contributed by atoms with Gasteiger partial charge in [0, 0.05) is 13.7 Å². The lowest BCUT2D eigenvalue weighted by Gasteiger charge is -2.37. The first kappa shape index (κ1) is 14.0. The van der Waals surface area contributed by atoms with E-state index in [4.69, 9.17) is 4.74 Å². The number of ether oxygens (including phenoxy) is 2. The van der Waals surface area contributed by atoms with Crippen LogP contribution in [0, 0.1) is 0 Å². The molecule has 5 heteroatoms. The lowest BCUT2D eigenvalue weighted by molar-refractivity contribution is -0.137. The van der Waals surface area contributed by atoms with Gasteiger partial charge in [-0.25, -0.2) is 9.80 Å². The summed E-state index contributed by atoms with van der Waals surface area (Å²) in [4.78, 5) is 11.3. The Morgan fingerprint density at radius 1 is 1.47 bits per heavy atom. The highest BCUT2D eigenvalue weighted by atomic mass is 16.5. The third kappa shape index (κ3) is 3.20. The van der Waals surface area contributed by atoms with Crippen molar-refractivity contribution < 1.29 is 14.3 Å². The topological polar surface area (TPSA) is 50.8 Å². The molecule has 98 valence electrons. The molecule has 0 radical (unpaired) electrons. The third-order valence-electron chi connectivity index (χ3n) is 3.29. The van der Waals surface area contributed by atoms with E-state index in [2.05, 4.69) is 16.7 Å². The maximum atomic E-state index is 11.3. The molecule has 0 aromatic carbocycles. The van der Waals surface area contributed by atoms with E-state index < -0.39 is 5.97 Å². The van der Waals surface area contributed by atoms with Gasteiger partial charge in [-0.3, -0.25) is 0 Å². The highest BCUT2D eigenvalue weighted by Gasteiger charge is 2.38. The van der Waals surface area contributed by atoms with Crippen molar-refractivity contribution >= 4 is 5.97 Å². The monoisotopic (exact) mass is 242 g/mol. The van der Waals surface area contributed by atoms with Crippen LogP contribution in [-0.2, 0) is 14.3 Å². The Morgan fingerprint density at radius 3 is 2.65 bits per heavy atom. The van der Waals surface area contributed by atoms with Crippen LogP contribution in [0.3, 0.4) is 0 Å². The van der Waals surface area contributed by atoms with Crippen molar-refractivity contribution in [1.82, 2.24) is 10.4 Å². The Hall–Kier alpha value is -1.07. The number of hydrogen-bond acceptors (Lipinski definition) is 5. The molecule has 0 saturated carbocycles. The predicted molar refractivity (Wildman–Crippen MR) is 65.1 cm³/mol. The van der Waals surface area contributed by atoms with Crippen LogP contribution in [0.1, 0.15) is 26.7 Å². The van der Waals surface area contributed by atoms with Crippen LogP contribution in [0.2, 0.25) is 0 Å². The Kier molecular flexibility index (Phi) is 4.54. The van der Waals surface area contributed by atoms with Crippen LogP contribution in [-0.4, -0.2) is 43.4 Å². The van der Waals surface area contributed by atoms with Crippen molar-refractivity contribution in [3.8, 4) is 0 Å². The maximum absolute atomic E-state index is 11.3. The fraction of sp³-hybridized carbons (Fsp3) is 0.750. The molecular weight excluding hydrogens is 220 g/mol. The van der Waals surface area contributed by atoms with E-state index in [1.54, 1.807) is 7.11 Å². The zero-order valence-electron chi connectivity index (χ0n) is 11.1. The normalized spacial score (nSPS) is 21.3. The van der Waals surface area contributed by atoms with Crippen molar-refractivity contribution in [2.75, 3.05) is 20.8 Å². The van der Waals surface area contributed by atoms with E-state index in [9.17, 15) is 4.79 Å². The molecule has 1 heterocycles. The summed E-state index contributed by atoms with van der Waals surface area (Å²) < 4.78 is 10.1. The molecular formula is C12H22N2O3. The summed E-state index contributed by atoms with van der Waals surface area (Å²) in [6, 6.07) is 0.217. The van der Waals surface area contributed by atoms with E-state index >= 15 is 0 Å². The first-order valence-corrected chi connectivity index (χ1v) is 5.78. The van der Waals surface area contributed by atoms with Crippen LogP contribution in [0.15, 0.2) is 12.3 Å². The zero-order valence-corrected chi connectivity index (χ0v) is 11.1. The number of nitrogens with zero attached hydrogens (tertiary/aromatic N) is 1. The average Bonchev–Trinajstić information content (AvgIpc) is 2.76. The van der Waals surface area contributed by atoms with Gasteiger partial charge in [-0.2, -0.15) is 0 Å². The maximum Gasteiger partial charge on any atom is 0.354 e. The van der Waals surface area contributed by atoms with Gasteiger partial charge in [0.15, 0.2) is 0 Å². The number of carbonyl (C=O) groups excluding carboxylic acids is 1. The largest absolute Gasteiger partial charge is 0.464 e. The number of rotatable bonds is 5. The fourth-order valence-corrected chi connectivity index (χ4v) is 2.10. The second-order valence-corrected chi connectivity index (χ2v) is 4.74. The molecule has 0 bridgehead atoms. The second-order valence-electron chi connectivity index (χ2n) is 4.74. The van der Waals surface area contributed by atoms with E-state index in [1.807, 2.05) is 18.9 Å². The van der Waals surface area contributed by atoms with Gasteiger partial charge in [0.05, 0.1) is 18.8 Å². The van der Waals surface area contributed by atoms with Gasteiger partial charge < -0.3 is 14.9 Å². The fourth-order valence-electron chi connectivity index (χ4n) is 2.10. The molecule has 1 N–H and O–H groups in total. The Bertz CT molecular complexity index is 302. The van der Waals surface area contributed by atoms with Crippen LogP contribution in [0.25, 0.3) is 0 Å². The summed E-state index contributed by atoms with van der Waals surface area (Å²) >= 11 is 0. The van der Waals surface area contributed by atoms with E-state index in [0.29, 0.717) is 0 Å². The Morgan fingerprint density at radius 2 is 2.12 bits per heavy atom. The molecule has 0 unspecified atom stereocenters.